The molecule has 2 amide bonds. The summed E-state index contributed by atoms with van der Waals surface area (Å²) in [6, 6.07) is 9.41. The topological polar surface area (TPSA) is 105 Å². The van der Waals surface area contributed by atoms with Gasteiger partial charge in [-0.2, -0.15) is 0 Å². The monoisotopic (exact) mass is 833 g/mol. The highest BCUT2D eigenvalue weighted by atomic mass is 35.5. The van der Waals surface area contributed by atoms with Crippen molar-refractivity contribution < 1.29 is 28.7 Å². The number of amides is 2. The molecular formula is C28H27Cl4N3O6S6. The van der Waals surface area contributed by atoms with Crippen molar-refractivity contribution in [3.05, 3.63) is 58.7 Å². The van der Waals surface area contributed by atoms with E-state index in [2.05, 4.69) is 5.32 Å². The Bertz CT molecular complexity index is 1420. The molecule has 3 heterocycles. The lowest BCUT2D eigenvalue weighted by Gasteiger charge is -2.20. The normalized spacial score (nSPS) is 14.9. The minimum atomic E-state index is -0.693. The molecule has 2 aromatic carbocycles. The van der Waals surface area contributed by atoms with Gasteiger partial charge in [0, 0.05) is 36.9 Å². The number of ether oxygens (including phenoxy) is 2. The van der Waals surface area contributed by atoms with Gasteiger partial charge in [0.1, 0.15) is 24.5 Å². The average molecular weight is 836 g/mol. The number of nitrogens with one attached hydrogen (secondary N) is 1. The van der Waals surface area contributed by atoms with Crippen LogP contribution in [-0.4, -0.2) is 102 Å². The van der Waals surface area contributed by atoms with Gasteiger partial charge in [-0.1, -0.05) is 84.1 Å². The first-order valence-electron chi connectivity index (χ1n) is 13.2. The second kappa shape index (κ2) is 21.6. The van der Waals surface area contributed by atoms with Crippen LogP contribution in [0.25, 0.3) is 0 Å². The lowest BCUT2D eigenvalue weighted by atomic mass is 10.1. The number of carbonyl (C=O) groups excluding carboxylic acids is 4. The molecule has 0 saturated carbocycles. The highest BCUT2D eigenvalue weighted by molar-refractivity contribution is 8.24. The number of hydrogen-bond donors (Lipinski definition) is 1. The summed E-state index contributed by atoms with van der Waals surface area (Å²) < 4.78 is 12.4. The molecule has 0 bridgehead atoms. The Hall–Kier alpha value is -1.40. The Morgan fingerprint density at radius 1 is 0.723 bits per heavy atom. The van der Waals surface area contributed by atoms with Gasteiger partial charge in [-0.05, 0) is 47.5 Å². The third-order valence-corrected chi connectivity index (χ3v) is 10.5. The molecule has 0 radical (unpaired) electrons. The van der Waals surface area contributed by atoms with E-state index in [1.807, 2.05) is 0 Å². The van der Waals surface area contributed by atoms with Crippen molar-refractivity contribution in [3.8, 4) is 11.5 Å². The Morgan fingerprint density at radius 2 is 1.11 bits per heavy atom. The van der Waals surface area contributed by atoms with Crippen molar-refractivity contribution >= 4 is 154 Å². The van der Waals surface area contributed by atoms with Crippen molar-refractivity contribution in [2.24, 2.45) is 0 Å². The van der Waals surface area contributed by atoms with Crippen LogP contribution in [0.15, 0.2) is 36.4 Å². The van der Waals surface area contributed by atoms with E-state index in [4.69, 9.17) is 92.5 Å². The maximum atomic E-state index is 12.8. The summed E-state index contributed by atoms with van der Waals surface area (Å²) in [5, 5.41) is 1.82. The molecule has 1 N–H and O–H groups in total. The van der Waals surface area contributed by atoms with Gasteiger partial charge in [0.05, 0.1) is 41.8 Å². The number of alkyl halides is 2. The van der Waals surface area contributed by atoms with Crippen LogP contribution in [0.1, 0.15) is 41.4 Å². The molecule has 19 heteroatoms. The number of benzene rings is 2. The molecule has 2 aromatic rings. The molecule has 0 unspecified atom stereocenters. The van der Waals surface area contributed by atoms with E-state index in [0.29, 0.717) is 32.9 Å². The molecule has 3 aliphatic heterocycles. The summed E-state index contributed by atoms with van der Waals surface area (Å²) >= 11 is 40.0. The van der Waals surface area contributed by atoms with Crippen molar-refractivity contribution in [2.45, 2.75) is 0 Å². The van der Waals surface area contributed by atoms with Crippen LogP contribution in [0, 0.1) is 0 Å². The molecule has 0 aromatic heterocycles. The zero-order valence-corrected chi connectivity index (χ0v) is 32.6. The first-order chi connectivity index (χ1) is 22.4. The van der Waals surface area contributed by atoms with Crippen LogP contribution in [-0.2, 0) is 0 Å². The average Bonchev–Trinajstić information content (AvgIpc) is 3.83. The molecule has 0 spiro atoms. The van der Waals surface area contributed by atoms with Gasteiger partial charge in [0.15, 0.2) is 0 Å². The molecule has 0 atom stereocenters. The largest absolute Gasteiger partial charge is 0.495 e. The lowest BCUT2D eigenvalue weighted by molar-refractivity contribution is 0.0853. The zero-order valence-electron chi connectivity index (χ0n) is 24.7. The van der Waals surface area contributed by atoms with Crippen LogP contribution >= 0.6 is 118 Å². The Balaban J connectivity index is 0.000000279. The molecular weight excluding hydrogens is 809 g/mol. The SMILES string of the molecule is COc1c(C(=O)Cl)cccc1C(=O)Cl.COc1c(C(=O)N2CCSC2=S)cccc1C(=O)N1CCSC1=S.ClCCl.S=C1NCCS1. The minimum absolute atomic E-state index is 0.104. The Labute approximate surface area is 321 Å². The standard InChI is InChI=1S/C15H14N2O3S4.C9H6Cl2O3.C3H5NS2.CH2Cl2/c1-20-11-9(12(18)16-5-7-23-14(16)21)3-2-4-10(11)13(19)17-6-8-24-15(17)22;1-14-7-5(8(10)12)3-2-4-6(7)9(11)13;5-3-4-1-2-6-3;2-1-3/h2-4H,5-8H2,1H3;2-4H,1H3;1-2H2,(H,4,5);1H2. The van der Waals surface area contributed by atoms with E-state index in [-0.39, 0.29) is 39.8 Å². The number of hydrogen-bond acceptors (Lipinski definition) is 12. The number of thioether (sulfide) groups is 3. The summed E-state index contributed by atoms with van der Waals surface area (Å²) in [6.45, 7) is 2.19. The van der Waals surface area contributed by atoms with Gasteiger partial charge < -0.3 is 14.8 Å². The quantitative estimate of drug-likeness (QED) is 0.182. The number of para-hydroxylation sites is 2. The summed E-state index contributed by atoms with van der Waals surface area (Å²) in [7, 11) is 2.79. The van der Waals surface area contributed by atoms with Crippen LogP contribution in [0.5, 0.6) is 11.5 Å². The lowest BCUT2D eigenvalue weighted by Crippen LogP contribution is -2.33. The number of thiocarbonyl (C=S) groups is 3. The third kappa shape index (κ3) is 12.2. The first-order valence-corrected chi connectivity index (χ1v) is 19.2. The van der Waals surface area contributed by atoms with Crippen molar-refractivity contribution in [3.63, 3.8) is 0 Å². The van der Waals surface area contributed by atoms with Gasteiger partial charge in [-0.15, -0.1) is 23.2 Å². The van der Waals surface area contributed by atoms with Gasteiger partial charge >= 0.3 is 0 Å². The smallest absolute Gasteiger partial charge is 0.263 e. The van der Waals surface area contributed by atoms with E-state index in [1.54, 1.807) is 39.8 Å². The summed E-state index contributed by atoms with van der Waals surface area (Å²) in [5.74, 6) is 2.61. The molecule has 3 fully saturated rings. The molecule has 0 aliphatic carbocycles. The molecule has 5 rings (SSSR count). The maximum Gasteiger partial charge on any atom is 0.263 e. The fourth-order valence-electron chi connectivity index (χ4n) is 3.95. The van der Waals surface area contributed by atoms with Crippen molar-refractivity contribution in [2.75, 3.05) is 56.5 Å². The van der Waals surface area contributed by atoms with Crippen LogP contribution < -0.4 is 14.8 Å². The highest BCUT2D eigenvalue weighted by Crippen LogP contribution is 2.31. The second-order valence-corrected chi connectivity index (χ2v) is 15.4. The fourth-order valence-corrected chi connectivity index (χ4v) is 7.60. The van der Waals surface area contributed by atoms with Gasteiger partial charge in [-0.25, -0.2) is 0 Å². The van der Waals surface area contributed by atoms with Crippen molar-refractivity contribution in [1.29, 1.82) is 0 Å². The van der Waals surface area contributed by atoms with E-state index < -0.39 is 10.5 Å². The number of halogens is 4. The molecule has 47 heavy (non-hydrogen) atoms. The van der Waals surface area contributed by atoms with Crippen LogP contribution in [0.2, 0.25) is 0 Å². The predicted octanol–water partition coefficient (Wildman–Crippen LogP) is 7.13. The summed E-state index contributed by atoms with van der Waals surface area (Å²) in [6.07, 6.45) is 0. The van der Waals surface area contributed by atoms with E-state index in [1.165, 1.54) is 55.9 Å². The first kappa shape index (κ1) is 41.8. The van der Waals surface area contributed by atoms with Crippen LogP contribution in [0.3, 0.4) is 0 Å². The van der Waals surface area contributed by atoms with Gasteiger partial charge in [-0.3, -0.25) is 29.0 Å². The zero-order chi connectivity index (χ0) is 35.1. The predicted molar refractivity (Wildman–Crippen MR) is 208 cm³/mol. The molecule has 3 saturated heterocycles. The number of nitrogens with zero attached hydrogens (tertiary/aromatic N) is 2. The van der Waals surface area contributed by atoms with Gasteiger partial charge in [0.25, 0.3) is 22.3 Å². The van der Waals surface area contributed by atoms with Gasteiger partial charge in [0.2, 0.25) is 0 Å². The van der Waals surface area contributed by atoms with E-state index in [0.717, 1.165) is 28.1 Å². The summed E-state index contributed by atoms with van der Waals surface area (Å²) in [4.78, 5) is 50.5. The molecule has 9 nitrogen and oxygen atoms in total. The number of methoxy groups -OCH3 is 2. The highest BCUT2D eigenvalue weighted by Gasteiger charge is 2.32. The molecule has 3 aliphatic rings. The number of rotatable bonds is 6. The Kier molecular flexibility index (Phi) is 19.2. The van der Waals surface area contributed by atoms with Crippen LogP contribution in [0.4, 0.5) is 0 Å². The maximum absolute atomic E-state index is 12.8. The van der Waals surface area contributed by atoms with E-state index >= 15 is 0 Å². The van der Waals surface area contributed by atoms with E-state index in [9.17, 15) is 19.2 Å². The fraction of sp³-hybridized carbons (Fsp3) is 0.321. The Morgan fingerprint density at radius 3 is 1.36 bits per heavy atom. The minimum Gasteiger partial charge on any atom is -0.495 e. The summed E-state index contributed by atoms with van der Waals surface area (Å²) in [5.41, 5.74) is 0.929. The van der Waals surface area contributed by atoms with Crippen molar-refractivity contribution in [1.82, 2.24) is 15.1 Å². The molecule has 254 valence electrons. The third-order valence-electron chi connectivity index (χ3n) is 5.94. The second-order valence-electron chi connectivity index (χ2n) is 8.63. The number of carbonyl (C=O) groups is 4.